The van der Waals surface area contributed by atoms with Gasteiger partial charge in [-0.3, -0.25) is 9.69 Å². The molecular weight excluding hydrogens is 252 g/mol. The largest absolute Gasteiger partial charge is 0.481 e. The first-order valence-electron chi connectivity index (χ1n) is 7.22. The highest BCUT2D eigenvalue weighted by atomic mass is 16.4. The lowest BCUT2D eigenvalue weighted by atomic mass is 9.81. The Balaban J connectivity index is 2.00. The summed E-state index contributed by atoms with van der Waals surface area (Å²) in [6.45, 7) is 9.23. The van der Waals surface area contributed by atoms with Crippen LogP contribution in [0.5, 0.6) is 0 Å². The zero-order valence-corrected chi connectivity index (χ0v) is 12.4. The Morgan fingerprint density at radius 2 is 1.85 bits per heavy atom. The molecule has 1 heterocycles. The molecule has 0 saturated carbocycles. The predicted molar refractivity (Wildman–Crippen MR) is 79.9 cm³/mol. The van der Waals surface area contributed by atoms with Gasteiger partial charge in [-0.2, -0.15) is 0 Å². The summed E-state index contributed by atoms with van der Waals surface area (Å²) in [6, 6.07) is 8.39. The maximum absolute atomic E-state index is 10.9. The summed E-state index contributed by atoms with van der Waals surface area (Å²) in [5.74, 6) is -0.750. The fourth-order valence-corrected chi connectivity index (χ4v) is 2.67. The minimum Gasteiger partial charge on any atom is -0.481 e. The number of hydrogen-bond acceptors (Lipinski definition) is 3. The fraction of sp³-hybridized carbons (Fsp3) is 0.562. The molecule has 110 valence electrons. The van der Waals surface area contributed by atoms with E-state index < -0.39 is 5.97 Å². The van der Waals surface area contributed by atoms with Crippen LogP contribution < -0.4 is 5.32 Å². The minimum absolute atomic E-state index is 0.157. The van der Waals surface area contributed by atoms with Crippen molar-refractivity contribution in [3.8, 4) is 0 Å². The molecule has 0 bridgehead atoms. The van der Waals surface area contributed by atoms with Crippen molar-refractivity contribution in [1.29, 1.82) is 0 Å². The average molecular weight is 276 g/mol. The summed E-state index contributed by atoms with van der Waals surface area (Å²) in [7, 11) is 0. The van der Waals surface area contributed by atoms with E-state index in [1.165, 1.54) is 5.56 Å². The van der Waals surface area contributed by atoms with Crippen LogP contribution in [0.2, 0.25) is 0 Å². The Bertz CT molecular complexity index is 448. The van der Waals surface area contributed by atoms with Gasteiger partial charge in [0, 0.05) is 38.1 Å². The SMILES string of the molecule is CC(C)(CC(=O)O)c1ccc(CN2CCNCC2)cc1. The lowest BCUT2D eigenvalue weighted by Crippen LogP contribution is -2.42. The van der Waals surface area contributed by atoms with Gasteiger partial charge in [-0.05, 0) is 11.1 Å². The van der Waals surface area contributed by atoms with Gasteiger partial charge in [0.2, 0.25) is 0 Å². The molecular formula is C16H24N2O2. The van der Waals surface area contributed by atoms with E-state index >= 15 is 0 Å². The van der Waals surface area contributed by atoms with E-state index in [9.17, 15) is 4.79 Å². The van der Waals surface area contributed by atoms with Crippen LogP contribution in [0, 0.1) is 0 Å². The van der Waals surface area contributed by atoms with Crippen LogP contribution in [-0.2, 0) is 16.8 Å². The van der Waals surface area contributed by atoms with E-state index in [0.29, 0.717) is 0 Å². The molecule has 2 N–H and O–H groups in total. The maximum atomic E-state index is 10.9. The van der Waals surface area contributed by atoms with E-state index in [1.54, 1.807) is 0 Å². The maximum Gasteiger partial charge on any atom is 0.304 e. The van der Waals surface area contributed by atoms with Crippen LogP contribution in [-0.4, -0.2) is 42.2 Å². The molecule has 1 fully saturated rings. The monoisotopic (exact) mass is 276 g/mol. The van der Waals surface area contributed by atoms with Gasteiger partial charge in [-0.25, -0.2) is 0 Å². The molecule has 0 unspecified atom stereocenters. The molecule has 1 saturated heterocycles. The highest BCUT2D eigenvalue weighted by Crippen LogP contribution is 2.27. The second kappa shape index (κ2) is 6.37. The van der Waals surface area contributed by atoms with Crippen molar-refractivity contribution in [2.45, 2.75) is 32.2 Å². The third-order valence-electron chi connectivity index (χ3n) is 3.94. The number of carboxylic acids is 1. The van der Waals surface area contributed by atoms with Gasteiger partial charge in [0.1, 0.15) is 0 Å². The zero-order valence-electron chi connectivity index (χ0n) is 12.4. The highest BCUT2D eigenvalue weighted by Gasteiger charge is 2.24. The Kier molecular flexibility index (Phi) is 4.78. The first-order chi connectivity index (χ1) is 9.47. The normalized spacial score (nSPS) is 17.1. The van der Waals surface area contributed by atoms with Gasteiger partial charge in [0.25, 0.3) is 0 Å². The number of hydrogen-bond donors (Lipinski definition) is 2. The van der Waals surface area contributed by atoms with E-state index in [4.69, 9.17) is 5.11 Å². The van der Waals surface area contributed by atoms with Crippen LogP contribution in [0.4, 0.5) is 0 Å². The summed E-state index contributed by atoms with van der Waals surface area (Å²) in [6.07, 6.45) is 0.157. The van der Waals surface area contributed by atoms with E-state index in [1.807, 2.05) is 13.8 Å². The summed E-state index contributed by atoms with van der Waals surface area (Å²) < 4.78 is 0. The summed E-state index contributed by atoms with van der Waals surface area (Å²) in [4.78, 5) is 13.3. The lowest BCUT2D eigenvalue weighted by Gasteiger charge is -2.28. The Morgan fingerprint density at radius 3 is 2.40 bits per heavy atom. The molecule has 0 aliphatic carbocycles. The van der Waals surface area contributed by atoms with Crippen molar-refractivity contribution in [3.05, 3.63) is 35.4 Å². The van der Waals surface area contributed by atoms with Gasteiger partial charge in [-0.1, -0.05) is 38.1 Å². The third-order valence-corrected chi connectivity index (χ3v) is 3.94. The number of carboxylic acid groups (broad SMARTS) is 1. The summed E-state index contributed by atoms with van der Waals surface area (Å²) >= 11 is 0. The number of aliphatic carboxylic acids is 1. The second-order valence-corrected chi connectivity index (χ2v) is 6.18. The van der Waals surface area contributed by atoms with E-state index in [-0.39, 0.29) is 11.8 Å². The topological polar surface area (TPSA) is 52.6 Å². The fourth-order valence-electron chi connectivity index (χ4n) is 2.67. The Hall–Kier alpha value is -1.39. The zero-order chi connectivity index (χ0) is 14.6. The first kappa shape index (κ1) is 15.0. The number of piperazine rings is 1. The highest BCUT2D eigenvalue weighted by molar-refractivity contribution is 5.68. The Morgan fingerprint density at radius 1 is 1.25 bits per heavy atom. The number of rotatable bonds is 5. The molecule has 1 aliphatic rings. The van der Waals surface area contributed by atoms with Crippen LogP contribution in [0.25, 0.3) is 0 Å². The van der Waals surface area contributed by atoms with Gasteiger partial charge >= 0.3 is 5.97 Å². The van der Waals surface area contributed by atoms with Crippen molar-refractivity contribution >= 4 is 5.97 Å². The van der Waals surface area contributed by atoms with Crippen molar-refractivity contribution in [1.82, 2.24) is 10.2 Å². The lowest BCUT2D eigenvalue weighted by molar-refractivity contribution is -0.138. The van der Waals surface area contributed by atoms with Crippen molar-refractivity contribution in [3.63, 3.8) is 0 Å². The van der Waals surface area contributed by atoms with Crippen molar-refractivity contribution in [2.75, 3.05) is 26.2 Å². The molecule has 0 radical (unpaired) electrons. The minimum atomic E-state index is -0.750. The van der Waals surface area contributed by atoms with Crippen LogP contribution in [0.1, 0.15) is 31.4 Å². The van der Waals surface area contributed by atoms with Crippen molar-refractivity contribution < 1.29 is 9.90 Å². The molecule has 0 amide bonds. The number of nitrogens with zero attached hydrogens (tertiary/aromatic N) is 1. The molecule has 2 rings (SSSR count). The van der Waals surface area contributed by atoms with Gasteiger partial charge < -0.3 is 10.4 Å². The van der Waals surface area contributed by atoms with E-state index in [2.05, 4.69) is 34.5 Å². The quantitative estimate of drug-likeness (QED) is 0.861. The summed E-state index contributed by atoms with van der Waals surface area (Å²) in [5, 5.41) is 12.3. The second-order valence-electron chi connectivity index (χ2n) is 6.18. The van der Waals surface area contributed by atoms with Gasteiger partial charge in [0.15, 0.2) is 0 Å². The number of benzene rings is 1. The molecule has 4 heteroatoms. The van der Waals surface area contributed by atoms with Crippen molar-refractivity contribution in [2.24, 2.45) is 0 Å². The number of nitrogens with one attached hydrogen (secondary N) is 1. The molecule has 1 aromatic rings. The molecule has 0 atom stereocenters. The van der Waals surface area contributed by atoms with Gasteiger partial charge in [0.05, 0.1) is 6.42 Å². The van der Waals surface area contributed by atoms with E-state index in [0.717, 1.165) is 38.3 Å². The molecule has 1 aliphatic heterocycles. The van der Waals surface area contributed by atoms with Crippen LogP contribution in [0.15, 0.2) is 24.3 Å². The van der Waals surface area contributed by atoms with Crippen LogP contribution >= 0.6 is 0 Å². The summed E-state index contributed by atoms with van der Waals surface area (Å²) in [5.41, 5.74) is 2.06. The average Bonchev–Trinajstić information content (AvgIpc) is 2.39. The predicted octanol–water partition coefficient (Wildman–Crippen LogP) is 1.84. The van der Waals surface area contributed by atoms with Crippen LogP contribution in [0.3, 0.4) is 0 Å². The smallest absolute Gasteiger partial charge is 0.304 e. The third kappa shape index (κ3) is 4.05. The molecule has 0 spiro atoms. The standard InChI is InChI=1S/C16H24N2O2/c1-16(2,11-15(19)20)14-5-3-13(4-6-14)12-18-9-7-17-8-10-18/h3-6,17H,7-12H2,1-2H3,(H,19,20). The Labute approximate surface area is 120 Å². The molecule has 1 aromatic carbocycles. The number of carbonyl (C=O) groups is 1. The molecule has 0 aromatic heterocycles. The molecule has 4 nitrogen and oxygen atoms in total. The first-order valence-corrected chi connectivity index (χ1v) is 7.22. The molecule has 20 heavy (non-hydrogen) atoms. The van der Waals surface area contributed by atoms with Gasteiger partial charge in [-0.15, -0.1) is 0 Å².